The zero-order chi connectivity index (χ0) is 14.3. The van der Waals surface area contributed by atoms with Crippen molar-refractivity contribution in [3.8, 4) is 5.75 Å². The van der Waals surface area contributed by atoms with Crippen molar-refractivity contribution in [2.24, 2.45) is 5.73 Å². The van der Waals surface area contributed by atoms with E-state index in [0.29, 0.717) is 5.92 Å². The van der Waals surface area contributed by atoms with Crippen LogP contribution in [0.25, 0.3) is 0 Å². The van der Waals surface area contributed by atoms with Crippen molar-refractivity contribution < 1.29 is 4.74 Å². The molecule has 21 heavy (non-hydrogen) atoms. The van der Waals surface area contributed by atoms with Crippen molar-refractivity contribution in [1.82, 2.24) is 0 Å². The van der Waals surface area contributed by atoms with Crippen LogP contribution in [-0.2, 0) is 11.8 Å². The first kappa shape index (κ1) is 12.9. The lowest BCUT2D eigenvalue weighted by Gasteiger charge is -2.31. The molecule has 2 aliphatic rings. The number of nitrogens with two attached hydrogens (primary N) is 1. The summed E-state index contributed by atoms with van der Waals surface area (Å²) in [6, 6.07) is 17.3. The Morgan fingerprint density at radius 2 is 1.90 bits per heavy atom. The molecule has 2 atom stereocenters. The number of benzene rings is 2. The monoisotopic (exact) mass is 279 g/mol. The standard InChI is InChI=1S/C19H21NO/c20-13-19(10-9-14-5-1-3-7-17(14)19)11-15-12-21-18-8-4-2-6-16(15)18/h1-8,15H,9-13,20H2. The summed E-state index contributed by atoms with van der Waals surface area (Å²) in [5.74, 6) is 1.52. The minimum absolute atomic E-state index is 0.127. The van der Waals surface area contributed by atoms with E-state index in [1.807, 2.05) is 6.07 Å². The van der Waals surface area contributed by atoms with Crippen LogP contribution in [0.15, 0.2) is 48.5 Å². The fourth-order valence-corrected chi connectivity index (χ4v) is 4.14. The van der Waals surface area contributed by atoms with Gasteiger partial charge >= 0.3 is 0 Å². The molecule has 2 heteroatoms. The molecule has 108 valence electrons. The predicted octanol–water partition coefficient (Wildman–Crippen LogP) is 3.40. The predicted molar refractivity (Wildman–Crippen MR) is 84.8 cm³/mol. The van der Waals surface area contributed by atoms with E-state index in [-0.39, 0.29) is 5.41 Å². The van der Waals surface area contributed by atoms with Gasteiger partial charge in [-0.05, 0) is 36.5 Å². The van der Waals surface area contributed by atoms with Crippen LogP contribution in [0.4, 0.5) is 0 Å². The number of hydrogen-bond acceptors (Lipinski definition) is 2. The van der Waals surface area contributed by atoms with Crippen molar-refractivity contribution in [3.05, 3.63) is 65.2 Å². The van der Waals surface area contributed by atoms with Gasteiger partial charge in [-0.1, -0.05) is 42.5 Å². The van der Waals surface area contributed by atoms with E-state index in [4.69, 9.17) is 10.5 Å². The molecule has 0 saturated heterocycles. The molecule has 0 fully saturated rings. The third-order valence-corrected chi connectivity index (χ3v) is 5.29. The molecule has 2 aromatic rings. The molecule has 0 amide bonds. The molecule has 0 spiro atoms. The van der Waals surface area contributed by atoms with E-state index in [1.54, 1.807) is 0 Å². The lowest BCUT2D eigenvalue weighted by molar-refractivity contribution is 0.288. The average Bonchev–Trinajstić information content (AvgIpc) is 3.11. The van der Waals surface area contributed by atoms with E-state index < -0.39 is 0 Å². The average molecular weight is 279 g/mol. The zero-order valence-corrected chi connectivity index (χ0v) is 12.2. The summed E-state index contributed by atoms with van der Waals surface area (Å²) in [7, 11) is 0. The number of aryl methyl sites for hydroxylation is 1. The number of ether oxygens (including phenoxy) is 1. The van der Waals surface area contributed by atoms with Gasteiger partial charge in [-0.3, -0.25) is 0 Å². The highest BCUT2D eigenvalue weighted by Crippen LogP contribution is 2.47. The minimum atomic E-state index is 0.127. The number of para-hydroxylation sites is 1. The van der Waals surface area contributed by atoms with Crippen molar-refractivity contribution in [3.63, 3.8) is 0 Å². The van der Waals surface area contributed by atoms with E-state index in [0.717, 1.165) is 31.7 Å². The van der Waals surface area contributed by atoms with Gasteiger partial charge in [0.15, 0.2) is 0 Å². The maximum atomic E-state index is 6.24. The summed E-state index contributed by atoms with van der Waals surface area (Å²) in [5, 5.41) is 0. The van der Waals surface area contributed by atoms with Crippen molar-refractivity contribution >= 4 is 0 Å². The highest BCUT2D eigenvalue weighted by atomic mass is 16.5. The summed E-state index contributed by atoms with van der Waals surface area (Å²) in [6.45, 7) is 1.52. The van der Waals surface area contributed by atoms with Gasteiger partial charge < -0.3 is 10.5 Å². The van der Waals surface area contributed by atoms with Crippen LogP contribution in [0.2, 0.25) is 0 Å². The van der Waals surface area contributed by atoms with E-state index in [1.165, 1.54) is 23.1 Å². The molecule has 2 nitrogen and oxygen atoms in total. The Morgan fingerprint density at radius 1 is 1.10 bits per heavy atom. The quantitative estimate of drug-likeness (QED) is 0.934. The molecule has 4 rings (SSSR count). The topological polar surface area (TPSA) is 35.2 Å². The Bertz CT molecular complexity index is 666. The van der Waals surface area contributed by atoms with Crippen LogP contribution in [0, 0.1) is 0 Å². The second kappa shape index (κ2) is 4.88. The summed E-state index contributed by atoms with van der Waals surface area (Å²) < 4.78 is 5.86. The Labute approximate surface area is 125 Å². The van der Waals surface area contributed by atoms with Gasteiger partial charge in [0, 0.05) is 23.4 Å². The molecule has 1 heterocycles. The van der Waals surface area contributed by atoms with Gasteiger partial charge in [0.1, 0.15) is 5.75 Å². The van der Waals surface area contributed by atoms with Crippen LogP contribution in [0.3, 0.4) is 0 Å². The normalized spacial score (nSPS) is 26.2. The lowest BCUT2D eigenvalue weighted by Crippen LogP contribution is -2.35. The third-order valence-electron chi connectivity index (χ3n) is 5.29. The zero-order valence-electron chi connectivity index (χ0n) is 12.2. The van der Waals surface area contributed by atoms with Gasteiger partial charge in [-0.2, -0.15) is 0 Å². The number of hydrogen-bond donors (Lipinski definition) is 1. The minimum Gasteiger partial charge on any atom is -0.493 e. The SMILES string of the molecule is NCC1(CC2COc3ccccc32)CCc2ccccc21. The van der Waals surface area contributed by atoms with Crippen LogP contribution in [-0.4, -0.2) is 13.2 Å². The van der Waals surface area contributed by atoms with Gasteiger partial charge in [-0.15, -0.1) is 0 Å². The fraction of sp³-hybridized carbons (Fsp3) is 0.368. The Morgan fingerprint density at radius 3 is 2.81 bits per heavy atom. The largest absolute Gasteiger partial charge is 0.493 e. The van der Waals surface area contributed by atoms with E-state index in [9.17, 15) is 0 Å². The molecule has 2 N–H and O–H groups in total. The molecule has 1 aliphatic carbocycles. The first-order chi connectivity index (χ1) is 10.3. The molecule has 2 unspecified atom stereocenters. The van der Waals surface area contributed by atoms with Crippen molar-refractivity contribution in [2.45, 2.75) is 30.6 Å². The number of fused-ring (bicyclic) bond motifs is 2. The van der Waals surface area contributed by atoms with Crippen LogP contribution in [0.5, 0.6) is 5.75 Å². The van der Waals surface area contributed by atoms with Crippen molar-refractivity contribution in [1.29, 1.82) is 0 Å². The van der Waals surface area contributed by atoms with Crippen LogP contribution in [0.1, 0.15) is 35.4 Å². The smallest absolute Gasteiger partial charge is 0.122 e. The molecular formula is C19H21NO. The third kappa shape index (κ3) is 1.97. The first-order valence-electron chi connectivity index (χ1n) is 7.83. The lowest BCUT2D eigenvalue weighted by atomic mass is 9.73. The van der Waals surface area contributed by atoms with Gasteiger partial charge in [0.25, 0.3) is 0 Å². The second-order valence-corrected chi connectivity index (χ2v) is 6.39. The Hall–Kier alpha value is -1.80. The molecule has 0 aromatic heterocycles. The molecular weight excluding hydrogens is 258 g/mol. The summed E-state index contributed by atoms with van der Waals surface area (Å²) >= 11 is 0. The van der Waals surface area contributed by atoms with Crippen LogP contribution >= 0.6 is 0 Å². The first-order valence-corrected chi connectivity index (χ1v) is 7.83. The van der Waals surface area contributed by atoms with E-state index in [2.05, 4.69) is 42.5 Å². The maximum Gasteiger partial charge on any atom is 0.122 e. The molecule has 0 bridgehead atoms. The summed E-state index contributed by atoms with van der Waals surface area (Å²) in [5.41, 5.74) is 10.7. The Balaban J connectivity index is 1.68. The van der Waals surface area contributed by atoms with E-state index >= 15 is 0 Å². The van der Waals surface area contributed by atoms with Crippen LogP contribution < -0.4 is 10.5 Å². The molecule has 1 aliphatic heterocycles. The maximum absolute atomic E-state index is 6.24. The van der Waals surface area contributed by atoms with Crippen molar-refractivity contribution in [2.75, 3.05) is 13.2 Å². The highest BCUT2D eigenvalue weighted by molar-refractivity contribution is 5.43. The summed E-state index contributed by atoms with van der Waals surface area (Å²) in [4.78, 5) is 0. The van der Waals surface area contributed by atoms with Gasteiger partial charge in [0.2, 0.25) is 0 Å². The van der Waals surface area contributed by atoms with Gasteiger partial charge in [0.05, 0.1) is 6.61 Å². The Kier molecular flexibility index (Phi) is 3.00. The van der Waals surface area contributed by atoms with Gasteiger partial charge in [-0.25, -0.2) is 0 Å². The molecule has 0 saturated carbocycles. The second-order valence-electron chi connectivity index (χ2n) is 6.39. The fourth-order valence-electron chi connectivity index (χ4n) is 4.14. The number of rotatable bonds is 3. The highest BCUT2D eigenvalue weighted by Gasteiger charge is 2.41. The molecule has 2 aromatic carbocycles. The summed E-state index contributed by atoms with van der Waals surface area (Å²) in [6.07, 6.45) is 3.42. The molecule has 0 radical (unpaired) electrons.